The van der Waals surface area contributed by atoms with Gasteiger partial charge in [-0.25, -0.2) is 4.39 Å². The zero-order chi connectivity index (χ0) is 16.8. The molecule has 0 nitrogen and oxygen atoms in total. The monoisotopic (exact) mass is 322 g/mol. The van der Waals surface area contributed by atoms with E-state index in [-0.39, 0.29) is 5.82 Å². The Balaban J connectivity index is 2.03. The fraction of sp³-hybridized carbons (Fsp3) is 0. The lowest BCUT2D eigenvalue weighted by atomic mass is 9.89. The molecule has 1 heteroatoms. The smallest absolute Gasteiger partial charge is 0.131 e. The molecular formula is C24H15F. The minimum absolute atomic E-state index is 0.177. The fourth-order valence-electron chi connectivity index (χ4n) is 3.78. The van der Waals surface area contributed by atoms with Crippen LogP contribution in [0, 0.1) is 5.82 Å². The number of fused-ring (bicyclic) bond motifs is 3. The van der Waals surface area contributed by atoms with E-state index in [0.717, 1.165) is 10.9 Å². The summed E-state index contributed by atoms with van der Waals surface area (Å²) < 4.78 is 14.3. The minimum atomic E-state index is -0.177. The van der Waals surface area contributed by atoms with Crippen molar-refractivity contribution in [1.82, 2.24) is 0 Å². The standard InChI is InChI=1S/C24H15F/c25-23-14-13-22(20-11-5-6-12-21(20)23)24-18-9-3-1-7-16(18)15-17-8-2-4-10-19(17)24/h1-15H. The number of halogens is 1. The summed E-state index contributed by atoms with van der Waals surface area (Å²) in [6, 6.07) is 30.2. The van der Waals surface area contributed by atoms with Gasteiger partial charge in [-0.3, -0.25) is 0 Å². The lowest BCUT2D eigenvalue weighted by Gasteiger charge is -2.14. The molecule has 0 aliphatic rings. The fourth-order valence-corrected chi connectivity index (χ4v) is 3.78. The van der Waals surface area contributed by atoms with Crippen molar-refractivity contribution < 1.29 is 4.39 Å². The molecule has 0 N–H and O–H groups in total. The van der Waals surface area contributed by atoms with E-state index >= 15 is 0 Å². The summed E-state index contributed by atoms with van der Waals surface area (Å²) in [4.78, 5) is 0. The summed E-state index contributed by atoms with van der Waals surface area (Å²) in [5.74, 6) is -0.177. The van der Waals surface area contributed by atoms with Gasteiger partial charge in [0.1, 0.15) is 5.82 Å². The average Bonchev–Trinajstić information content (AvgIpc) is 2.67. The number of rotatable bonds is 1. The van der Waals surface area contributed by atoms with E-state index in [9.17, 15) is 4.39 Å². The Kier molecular flexibility index (Phi) is 3.07. The summed E-state index contributed by atoms with van der Waals surface area (Å²) in [5.41, 5.74) is 2.25. The van der Waals surface area contributed by atoms with Crippen LogP contribution >= 0.6 is 0 Å². The van der Waals surface area contributed by atoms with Crippen molar-refractivity contribution in [2.45, 2.75) is 0 Å². The summed E-state index contributed by atoms with van der Waals surface area (Å²) >= 11 is 0. The van der Waals surface area contributed by atoms with Gasteiger partial charge in [0.25, 0.3) is 0 Å². The molecule has 118 valence electrons. The lowest BCUT2D eigenvalue weighted by Crippen LogP contribution is -1.89. The predicted octanol–water partition coefficient (Wildman–Crippen LogP) is 6.95. The van der Waals surface area contributed by atoms with E-state index in [2.05, 4.69) is 54.6 Å². The first-order chi connectivity index (χ1) is 12.3. The van der Waals surface area contributed by atoms with Crippen LogP contribution in [0.4, 0.5) is 4.39 Å². The van der Waals surface area contributed by atoms with Crippen molar-refractivity contribution in [3.05, 3.63) is 96.8 Å². The normalized spacial score (nSPS) is 11.4. The van der Waals surface area contributed by atoms with E-state index in [0.29, 0.717) is 5.39 Å². The Bertz CT molecular complexity index is 1200. The molecule has 0 saturated heterocycles. The number of hydrogen-bond donors (Lipinski definition) is 0. The molecule has 0 amide bonds. The average molecular weight is 322 g/mol. The van der Waals surface area contributed by atoms with Gasteiger partial charge >= 0.3 is 0 Å². The summed E-state index contributed by atoms with van der Waals surface area (Å²) in [7, 11) is 0. The molecule has 25 heavy (non-hydrogen) atoms. The number of hydrogen-bond acceptors (Lipinski definition) is 0. The zero-order valence-corrected chi connectivity index (χ0v) is 13.5. The maximum absolute atomic E-state index is 14.3. The van der Waals surface area contributed by atoms with Crippen molar-refractivity contribution in [2.75, 3.05) is 0 Å². The maximum Gasteiger partial charge on any atom is 0.131 e. The van der Waals surface area contributed by atoms with Gasteiger partial charge in [-0.1, -0.05) is 78.9 Å². The predicted molar refractivity (Wildman–Crippen MR) is 104 cm³/mol. The van der Waals surface area contributed by atoms with Crippen molar-refractivity contribution >= 4 is 32.3 Å². The van der Waals surface area contributed by atoms with Crippen LogP contribution in [-0.2, 0) is 0 Å². The van der Waals surface area contributed by atoms with Crippen LogP contribution in [0.15, 0.2) is 91.0 Å². The van der Waals surface area contributed by atoms with Crippen molar-refractivity contribution in [2.24, 2.45) is 0 Å². The molecule has 0 bridgehead atoms. The molecule has 0 atom stereocenters. The largest absolute Gasteiger partial charge is 0.206 e. The Labute approximate surface area is 145 Å². The summed E-state index contributed by atoms with van der Waals surface area (Å²) in [5, 5.41) is 6.39. The molecular weight excluding hydrogens is 307 g/mol. The minimum Gasteiger partial charge on any atom is -0.206 e. The Hall–Kier alpha value is -3.19. The SMILES string of the molecule is Fc1ccc(-c2c3ccccc3cc3ccccc23)c2ccccc12. The highest BCUT2D eigenvalue weighted by molar-refractivity contribution is 6.16. The second kappa shape index (κ2) is 5.42. The van der Waals surface area contributed by atoms with Gasteiger partial charge in [0, 0.05) is 5.39 Å². The van der Waals surface area contributed by atoms with Gasteiger partial charge < -0.3 is 0 Å². The summed E-state index contributed by atoms with van der Waals surface area (Å²) in [6.07, 6.45) is 0. The first kappa shape index (κ1) is 14.2. The second-order valence-electron chi connectivity index (χ2n) is 6.33. The van der Waals surface area contributed by atoms with Crippen LogP contribution in [-0.4, -0.2) is 0 Å². The highest BCUT2D eigenvalue weighted by atomic mass is 19.1. The maximum atomic E-state index is 14.3. The van der Waals surface area contributed by atoms with Gasteiger partial charge in [-0.05, 0) is 50.2 Å². The highest BCUT2D eigenvalue weighted by Gasteiger charge is 2.13. The van der Waals surface area contributed by atoms with Gasteiger partial charge in [0.05, 0.1) is 0 Å². The van der Waals surface area contributed by atoms with Crippen molar-refractivity contribution in [3.8, 4) is 11.1 Å². The van der Waals surface area contributed by atoms with Gasteiger partial charge in [-0.15, -0.1) is 0 Å². The molecule has 0 aliphatic heterocycles. The Morgan fingerprint density at radius 2 is 1.00 bits per heavy atom. The zero-order valence-electron chi connectivity index (χ0n) is 13.5. The third kappa shape index (κ3) is 2.13. The third-order valence-electron chi connectivity index (χ3n) is 4.91. The van der Waals surface area contributed by atoms with Crippen molar-refractivity contribution in [3.63, 3.8) is 0 Å². The summed E-state index contributed by atoms with van der Waals surface area (Å²) in [6.45, 7) is 0. The molecule has 0 aliphatic carbocycles. The Morgan fingerprint density at radius 1 is 0.480 bits per heavy atom. The molecule has 5 aromatic rings. The first-order valence-corrected chi connectivity index (χ1v) is 8.41. The third-order valence-corrected chi connectivity index (χ3v) is 4.91. The van der Waals surface area contributed by atoms with Gasteiger partial charge in [0.15, 0.2) is 0 Å². The van der Waals surface area contributed by atoms with Gasteiger partial charge in [0.2, 0.25) is 0 Å². The molecule has 0 saturated carbocycles. The van der Waals surface area contributed by atoms with E-state index in [1.54, 1.807) is 6.07 Å². The van der Waals surface area contributed by atoms with Crippen LogP contribution < -0.4 is 0 Å². The van der Waals surface area contributed by atoms with Gasteiger partial charge in [-0.2, -0.15) is 0 Å². The molecule has 0 radical (unpaired) electrons. The number of benzene rings is 5. The molecule has 0 unspecified atom stereocenters. The molecule has 0 heterocycles. The first-order valence-electron chi connectivity index (χ1n) is 8.41. The molecule has 0 aromatic heterocycles. The lowest BCUT2D eigenvalue weighted by molar-refractivity contribution is 0.640. The van der Waals surface area contributed by atoms with E-state index < -0.39 is 0 Å². The molecule has 0 fully saturated rings. The topological polar surface area (TPSA) is 0 Å². The van der Waals surface area contributed by atoms with E-state index in [4.69, 9.17) is 0 Å². The molecule has 5 aromatic carbocycles. The van der Waals surface area contributed by atoms with E-state index in [1.165, 1.54) is 27.1 Å². The van der Waals surface area contributed by atoms with E-state index in [1.807, 2.05) is 30.3 Å². The van der Waals surface area contributed by atoms with Crippen LogP contribution in [0.2, 0.25) is 0 Å². The quantitative estimate of drug-likeness (QED) is 0.293. The van der Waals surface area contributed by atoms with Crippen LogP contribution in [0.1, 0.15) is 0 Å². The highest BCUT2D eigenvalue weighted by Crippen LogP contribution is 2.39. The second-order valence-corrected chi connectivity index (χ2v) is 6.33. The van der Waals surface area contributed by atoms with Crippen LogP contribution in [0.3, 0.4) is 0 Å². The van der Waals surface area contributed by atoms with Crippen LogP contribution in [0.5, 0.6) is 0 Å². The Morgan fingerprint density at radius 3 is 1.64 bits per heavy atom. The molecule has 0 spiro atoms. The van der Waals surface area contributed by atoms with Crippen LogP contribution in [0.25, 0.3) is 43.4 Å². The van der Waals surface area contributed by atoms with Crippen molar-refractivity contribution in [1.29, 1.82) is 0 Å². The molecule has 5 rings (SSSR count).